The first kappa shape index (κ1) is 28.3. The van der Waals surface area contributed by atoms with Crippen LogP contribution >= 0.6 is 0 Å². The van der Waals surface area contributed by atoms with E-state index in [1.807, 2.05) is 0 Å². The predicted octanol–water partition coefficient (Wildman–Crippen LogP) is 7.17. The zero-order chi connectivity index (χ0) is 23.6. The zero-order valence-electron chi connectivity index (χ0n) is 22.2. The lowest BCUT2D eigenvalue weighted by Gasteiger charge is -2.21. The topological polar surface area (TPSA) is 18.7 Å². The van der Waals surface area contributed by atoms with Gasteiger partial charge in [0, 0.05) is 0 Å². The van der Waals surface area contributed by atoms with Crippen molar-refractivity contribution in [2.45, 2.75) is 96.8 Å². The van der Waals surface area contributed by atoms with Gasteiger partial charge in [-0.2, -0.15) is 0 Å². The number of rotatable bonds is 17. The van der Waals surface area contributed by atoms with Crippen LogP contribution in [0.2, 0.25) is 0 Å². The second-order valence-electron chi connectivity index (χ2n) is 9.59. The molecule has 1 rings (SSSR count). The first-order chi connectivity index (χ1) is 15.5. The normalized spacial score (nSPS) is 10.8. The van der Waals surface area contributed by atoms with Gasteiger partial charge in [0.2, 0.25) is 0 Å². The Kier molecular flexibility index (Phi) is 15.8. The second-order valence-corrected chi connectivity index (χ2v) is 9.59. The minimum absolute atomic E-state index is 0.819. The smallest absolute Gasteiger partial charge is 0.354 e. The summed E-state index contributed by atoms with van der Waals surface area (Å²) in [7, 11) is 10.4. The zero-order valence-corrected chi connectivity index (χ0v) is 22.2. The van der Waals surface area contributed by atoms with Crippen LogP contribution in [0.1, 0.15) is 96.8 Å². The highest BCUT2D eigenvalue weighted by atomic mass is 16.5. The minimum Gasteiger partial charge on any atom is -0.494 e. The highest BCUT2D eigenvalue weighted by Crippen LogP contribution is 2.20. The fraction of sp³-hybridized carbons (Fsp3) is 0.750. The van der Waals surface area contributed by atoms with Crippen molar-refractivity contribution in [2.75, 3.05) is 46.7 Å². The highest BCUT2D eigenvalue weighted by Gasteiger charge is 2.20. The van der Waals surface area contributed by atoms with Crippen LogP contribution in [0.4, 0.5) is 5.69 Å². The summed E-state index contributed by atoms with van der Waals surface area (Å²) in [6.07, 6.45) is 19.4. The molecule has 184 valence electrons. The summed E-state index contributed by atoms with van der Waals surface area (Å²) in [4.78, 5) is 4.32. The lowest BCUT2D eigenvalue weighted by molar-refractivity contribution is -0.470. The first-order valence-electron chi connectivity index (χ1n) is 13.2. The van der Waals surface area contributed by atoms with Crippen molar-refractivity contribution in [1.29, 1.82) is 0 Å². The van der Waals surface area contributed by atoms with E-state index in [4.69, 9.17) is 4.74 Å². The van der Waals surface area contributed by atoms with Crippen molar-refractivity contribution >= 4 is 11.6 Å². The maximum Gasteiger partial charge on any atom is 0.354 e. The summed E-state index contributed by atoms with van der Waals surface area (Å²) >= 11 is 0. The monoisotopic (exact) mass is 446 g/mol. The highest BCUT2D eigenvalue weighted by molar-refractivity contribution is 5.91. The number of nitrogens with zero attached hydrogens (tertiary/aromatic N) is 3. The van der Waals surface area contributed by atoms with Gasteiger partial charge in [0.15, 0.2) is 0 Å². The van der Waals surface area contributed by atoms with Gasteiger partial charge in [-0.05, 0) is 30.7 Å². The van der Waals surface area contributed by atoms with Gasteiger partial charge in [0.1, 0.15) is 11.4 Å². The molecular weight excluding hydrogens is 394 g/mol. The largest absolute Gasteiger partial charge is 0.494 e. The van der Waals surface area contributed by atoms with E-state index >= 15 is 0 Å². The summed E-state index contributed by atoms with van der Waals surface area (Å²) in [6, 6.07) is 8.43. The summed E-state index contributed by atoms with van der Waals surface area (Å²) < 4.78 is 8.08. The Hall–Kier alpha value is -1.71. The quantitative estimate of drug-likeness (QED) is 0.109. The van der Waals surface area contributed by atoms with E-state index in [9.17, 15) is 0 Å². The molecule has 4 nitrogen and oxygen atoms in total. The van der Waals surface area contributed by atoms with Gasteiger partial charge in [0.25, 0.3) is 0 Å². The number of hydrogen-bond donors (Lipinski definition) is 0. The molecule has 0 atom stereocenters. The third-order valence-corrected chi connectivity index (χ3v) is 6.09. The predicted molar refractivity (Wildman–Crippen MR) is 141 cm³/mol. The van der Waals surface area contributed by atoms with Crippen LogP contribution < -0.4 is 9.64 Å². The van der Waals surface area contributed by atoms with Gasteiger partial charge in [0.05, 0.1) is 41.8 Å². The van der Waals surface area contributed by atoms with Crippen molar-refractivity contribution in [3.05, 3.63) is 24.3 Å². The van der Waals surface area contributed by atoms with E-state index in [0.29, 0.717) is 0 Å². The molecule has 0 aliphatic rings. The molecule has 0 aromatic heterocycles. The van der Waals surface area contributed by atoms with E-state index in [-0.39, 0.29) is 0 Å². The minimum atomic E-state index is 0.819. The first-order valence-corrected chi connectivity index (χ1v) is 13.2. The molecule has 1 aromatic rings. The molecule has 4 heteroatoms. The van der Waals surface area contributed by atoms with Crippen LogP contribution in [0.25, 0.3) is 0 Å². The molecule has 0 aliphatic carbocycles. The number of ether oxygens (including phenoxy) is 1. The lowest BCUT2D eigenvalue weighted by Crippen LogP contribution is -2.43. The van der Waals surface area contributed by atoms with Crippen molar-refractivity contribution in [2.24, 2.45) is 0 Å². The summed E-state index contributed by atoms with van der Waals surface area (Å²) in [5.74, 6) is 2.11. The van der Waals surface area contributed by atoms with Gasteiger partial charge in [-0.3, -0.25) is 9.48 Å². The lowest BCUT2D eigenvalue weighted by atomic mass is 10.0. The standard InChI is InChI=1S/C28H52N3O/c1-7-8-9-10-11-12-13-14-15-16-17-18-19-20-25-32-27-23-21-26(22-24-27)31(6)28(29(2)3)30(4)5/h21-24H,7-20,25H2,1-6H3/q+1. The second kappa shape index (κ2) is 17.8. The van der Waals surface area contributed by atoms with Crippen molar-refractivity contribution < 1.29 is 9.31 Å². The number of benzene rings is 1. The van der Waals surface area contributed by atoms with E-state index in [1.54, 1.807) is 0 Å². The summed E-state index contributed by atoms with van der Waals surface area (Å²) in [6.45, 7) is 3.11. The Morgan fingerprint density at radius 3 is 1.53 bits per heavy atom. The molecule has 0 heterocycles. The van der Waals surface area contributed by atoms with Crippen molar-refractivity contribution in [1.82, 2.24) is 4.90 Å². The Labute approximate surface area is 199 Å². The average Bonchev–Trinajstić information content (AvgIpc) is 2.76. The Balaban J connectivity index is 2.06. The van der Waals surface area contributed by atoms with E-state index in [2.05, 4.69) is 80.8 Å². The van der Waals surface area contributed by atoms with Gasteiger partial charge in [-0.1, -0.05) is 90.4 Å². The Morgan fingerprint density at radius 1 is 0.688 bits per heavy atom. The summed E-state index contributed by atoms with van der Waals surface area (Å²) in [5, 5.41) is 0. The molecule has 0 fully saturated rings. The van der Waals surface area contributed by atoms with Crippen LogP contribution in [0, 0.1) is 0 Å². The maximum absolute atomic E-state index is 5.96. The number of hydrogen-bond acceptors (Lipinski definition) is 1. The van der Waals surface area contributed by atoms with E-state index < -0.39 is 0 Å². The fourth-order valence-electron chi connectivity index (χ4n) is 4.37. The molecule has 0 unspecified atom stereocenters. The molecule has 32 heavy (non-hydrogen) atoms. The summed E-state index contributed by atoms with van der Waals surface area (Å²) in [5.41, 5.74) is 1.16. The molecule has 0 spiro atoms. The number of anilines is 1. The third kappa shape index (κ3) is 12.4. The molecular formula is C28H52N3O+. The third-order valence-electron chi connectivity index (χ3n) is 6.09. The van der Waals surface area contributed by atoms with Crippen LogP contribution in [-0.4, -0.2) is 57.3 Å². The maximum atomic E-state index is 5.96. The SMILES string of the molecule is CCCCCCCCCCCCCCCCOc1ccc(N(C)C(N(C)C)=[N+](C)C)cc1. The molecule has 0 bridgehead atoms. The number of unbranched alkanes of at least 4 members (excludes halogenated alkanes) is 13. The molecule has 0 saturated heterocycles. The number of guanidine groups is 1. The molecule has 0 amide bonds. The van der Waals surface area contributed by atoms with Crippen LogP contribution in [-0.2, 0) is 0 Å². The van der Waals surface area contributed by atoms with Gasteiger partial charge < -0.3 is 4.74 Å². The van der Waals surface area contributed by atoms with Gasteiger partial charge in [-0.25, -0.2) is 4.90 Å². The average molecular weight is 447 g/mol. The van der Waals surface area contributed by atoms with Crippen LogP contribution in [0.5, 0.6) is 5.75 Å². The Morgan fingerprint density at radius 2 is 1.12 bits per heavy atom. The van der Waals surface area contributed by atoms with Crippen molar-refractivity contribution in [3.63, 3.8) is 0 Å². The molecule has 0 aliphatic heterocycles. The van der Waals surface area contributed by atoms with Crippen molar-refractivity contribution in [3.8, 4) is 5.75 Å². The van der Waals surface area contributed by atoms with Gasteiger partial charge in [-0.15, -0.1) is 0 Å². The molecule has 0 saturated carbocycles. The van der Waals surface area contributed by atoms with Crippen LogP contribution in [0.15, 0.2) is 24.3 Å². The van der Waals surface area contributed by atoms with E-state index in [1.165, 1.54) is 83.5 Å². The van der Waals surface area contributed by atoms with E-state index in [0.717, 1.165) is 30.4 Å². The van der Waals surface area contributed by atoms with Gasteiger partial charge >= 0.3 is 5.96 Å². The molecule has 0 radical (unpaired) electrons. The molecule has 0 N–H and O–H groups in total. The molecule has 1 aromatic carbocycles. The fourth-order valence-corrected chi connectivity index (χ4v) is 4.37. The van der Waals surface area contributed by atoms with Crippen LogP contribution in [0.3, 0.4) is 0 Å². The Bertz CT molecular complexity index is 606.